The Kier molecular flexibility index (Phi) is 5.48. The van der Waals surface area contributed by atoms with Crippen LogP contribution in [-0.2, 0) is 9.59 Å². The molecule has 1 rings (SSSR count). The zero-order chi connectivity index (χ0) is 12.7. The molecule has 0 fully saturated rings. The van der Waals surface area contributed by atoms with Crippen molar-refractivity contribution < 1.29 is 14.7 Å². The maximum Gasteiger partial charge on any atom is 0.313 e. The molecule has 92 valence electrons. The number of carboxylic acids is 1. The highest BCUT2D eigenvalue weighted by Crippen LogP contribution is 2.10. The highest BCUT2D eigenvalue weighted by atomic mass is 32.2. The summed E-state index contributed by atoms with van der Waals surface area (Å²) < 4.78 is 0. The minimum Gasteiger partial charge on any atom is -0.481 e. The Morgan fingerprint density at radius 3 is 2.88 bits per heavy atom. The predicted molar refractivity (Wildman–Crippen MR) is 65.8 cm³/mol. The minimum atomic E-state index is -0.914. The highest BCUT2D eigenvalue weighted by Gasteiger charge is 2.09. The third-order valence-electron chi connectivity index (χ3n) is 2.02. The SMILES string of the molecule is C[C@@H](NC(=O)CSCC(=O)O)c1cccnc1. The first-order valence-corrected chi connectivity index (χ1v) is 6.24. The molecule has 1 amide bonds. The van der Waals surface area contributed by atoms with Crippen LogP contribution in [0.15, 0.2) is 24.5 Å². The molecule has 1 aromatic rings. The van der Waals surface area contributed by atoms with Crippen LogP contribution < -0.4 is 5.32 Å². The van der Waals surface area contributed by atoms with Crippen LogP contribution in [0.2, 0.25) is 0 Å². The number of thioether (sulfide) groups is 1. The van der Waals surface area contributed by atoms with Gasteiger partial charge in [-0.15, -0.1) is 11.8 Å². The monoisotopic (exact) mass is 254 g/mol. The number of carbonyl (C=O) groups excluding carboxylic acids is 1. The number of nitrogens with one attached hydrogen (secondary N) is 1. The van der Waals surface area contributed by atoms with Crippen LogP contribution in [0, 0.1) is 0 Å². The lowest BCUT2D eigenvalue weighted by Crippen LogP contribution is -2.28. The van der Waals surface area contributed by atoms with E-state index in [9.17, 15) is 9.59 Å². The van der Waals surface area contributed by atoms with Crippen molar-refractivity contribution in [2.75, 3.05) is 11.5 Å². The quantitative estimate of drug-likeness (QED) is 0.794. The molecule has 2 N–H and O–H groups in total. The Hall–Kier alpha value is -1.56. The standard InChI is InChI=1S/C11H14N2O3S/c1-8(9-3-2-4-12-5-9)13-10(14)6-17-7-11(15)16/h2-5,8H,6-7H2,1H3,(H,13,14)(H,15,16)/t8-/m1/s1. The molecule has 0 unspecified atom stereocenters. The maximum absolute atomic E-state index is 11.5. The number of carbonyl (C=O) groups is 2. The van der Waals surface area contributed by atoms with Crippen LogP contribution in [0.5, 0.6) is 0 Å². The summed E-state index contributed by atoms with van der Waals surface area (Å²) in [6.07, 6.45) is 3.36. The van der Waals surface area contributed by atoms with Crippen molar-refractivity contribution in [3.05, 3.63) is 30.1 Å². The van der Waals surface area contributed by atoms with E-state index in [0.717, 1.165) is 17.3 Å². The molecule has 0 aliphatic rings. The zero-order valence-electron chi connectivity index (χ0n) is 9.42. The van der Waals surface area contributed by atoms with E-state index in [1.54, 1.807) is 18.5 Å². The molecule has 17 heavy (non-hydrogen) atoms. The van der Waals surface area contributed by atoms with Crippen LogP contribution >= 0.6 is 11.8 Å². The molecular formula is C11H14N2O3S. The lowest BCUT2D eigenvalue weighted by atomic mass is 10.1. The van der Waals surface area contributed by atoms with E-state index in [4.69, 9.17) is 5.11 Å². The Morgan fingerprint density at radius 2 is 2.29 bits per heavy atom. The van der Waals surface area contributed by atoms with E-state index in [2.05, 4.69) is 10.3 Å². The molecule has 6 heteroatoms. The van der Waals surface area contributed by atoms with Crippen molar-refractivity contribution in [3.63, 3.8) is 0 Å². The van der Waals surface area contributed by atoms with Gasteiger partial charge in [0.25, 0.3) is 0 Å². The molecule has 1 aromatic heterocycles. The van der Waals surface area contributed by atoms with E-state index in [-0.39, 0.29) is 23.5 Å². The number of aromatic nitrogens is 1. The van der Waals surface area contributed by atoms with Gasteiger partial charge in [-0.1, -0.05) is 6.07 Å². The first-order chi connectivity index (χ1) is 8.09. The smallest absolute Gasteiger partial charge is 0.313 e. The van der Waals surface area contributed by atoms with Crippen molar-refractivity contribution in [1.82, 2.24) is 10.3 Å². The molecule has 0 saturated carbocycles. The predicted octanol–water partition coefficient (Wildman–Crippen LogP) is 1.08. The van der Waals surface area contributed by atoms with Crippen LogP contribution in [0.4, 0.5) is 0 Å². The summed E-state index contributed by atoms with van der Waals surface area (Å²) in [6.45, 7) is 1.86. The van der Waals surface area contributed by atoms with Gasteiger partial charge in [-0.3, -0.25) is 14.6 Å². The molecule has 0 saturated heterocycles. The largest absolute Gasteiger partial charge is 0.481 e. The molecule has 1 heterocycles. The lowest BCUT2D eigenvalue weighted by Gasteiger charge is -2.13. The van der Waals surface area contributed by atoms with Gasteiger partial charge in [0.2, 0.25) is 5.91 Å². The molecule has 0 aliphatic heterocycles. The van der Waals surface area contributed by atoms with E-state index in [1.165, 1.54) is 0 Å². The van der Waals surface area contributed by atoms with E-state index < -0.39 is 5.97 Å². The number of hydrogen-bond acceptors (Lipinski definition) is 4. The second kappa shape index (κ2) is 6.90. The van der Waals surface area contributed by atoms with Crippen molar-refractivity contribution in [3.8, 4) is 0 Å². The Morgan fingerprint density at radius 1 is 1.53 bits per heavy atom. The molecule has 0 radical (unpaired) electrons. The number of rotatable bonds is 6. The second-order valence-corrected chi connectivity index (χ2v) is 4.45. The third kappa shape index (κ3) is 5.35. The van der Waals surface area contributed by atoms with E-state index >= 15 is 0 Å². The van der Waals surface area contributed by atoms with Gasteiger partial charge in [-0.2, -0.15) is 0 Å². The number of amides is 1. The summed E-state index contributed by atoms with van der Waals surface area (Å²) in [4.78, 5) is 25.7. The zero-order valence-corrected chi connectivity index (χ0v) is 10.2. The maximum atomic E-state index is 11.5. The van der Waals surface area contributed by atoms with Crippen LogP contribution in [0.25, 0.3) is 0 Å². The number of hydrogen-bond donors (Lipinski definition) is 2. The minimum absolute atomic E-state index is 0.0608. The topological polar surface area (TPSA) is 79.3 Å². The summed E-state index contributed by atoms with van der Waals surface area (Å²) >= 11 is 1.08. The second-order valence-electron chi connectivity index (χ2n) is 3.46. The van der Waals surface area contributed by atoms with Crippen LogP contribution in [-0.4, -0.2) is 33.5 Å². The summed E-state index contributed by atoms with van der Waals surface area (Å²) in [5, 5.41) is 11.2. The molecular weight excluding hydrogens is 240 g/mol. The number of pyridine rings is 1. The van der Waals surface area contributed by atoms with Gasteiger partial charge >= 0.3 is 5.97 Å². The van der Waals surface area contributed by atoms with Crippen LogP contribution in [0.1, 0.15) is 18.5 Å². The first-order valence-electron chi connectivity index (χ1n) is 5.08. The van der Waals surface area contributed by atoms with Gasteiger partial charge in [-0.25, -0.2) is 0 Å². The molecule has 0 aliphatic carbocycles. The van der Waals surface area contributed by atoms with Crippen molar-refractivity contribution in [1.29, 1.82) is 0 Å². The van der Waals surface area contributed by atoms with Crippen molar-refractivity contribution >= 4 is 23.6 Å². The van der Waals surface area contributed by atoms with E-state index in [1.807, 2.05) is 13.0 Å². The number of nitrogens with zero attached hydrogens (tertiary/aromatic N) is 1. The highest BCUT2D eigenvalue weighted by molar-refractivity contribution is 8.00. The average Bonchev–Trinajstić information content (AvgIpc) is 2.29. The van der Waals surface area contributed by atoms with E-state index in [0.29, 0.717) is 0 Å². The van der Waals surface area contributed by atoms with Crippen molar-refractivity contribution in [2.45, 2.75) is 13.0 Å². The Bertz CT molecular complexity index is 384. The molecule has 1 atom stereocenters. The van der Waals surface area contributed by atoms with Crippen LogP contribution in [0.3, 0.4) is 0 Å². The van der Waals surface area contributed by atoms with Crippen molar-refractivity contribution in [2.24, 2.45) is 0 Å². The normalized spacial score (nSPS) is 11.8. The summed E-state index contributed by atoms with van der Waals surface area (Å²) in [7, 11) is 0. The number of aliphatic carboxylic acids is 1. The van der Waals surface area contributed by atoms with Gasteiger partial charge in [0.05, 0.1) is 17.5 Å². The molecule has 5 nitrogen and oxygen atoms in total. The average molecular weight is 254 g/mol. The fraction of sp³-hybridized carbons (Fsp3) is 0.364. The summed E-state index contributed by atoms with van der Waals surface area (Å²) in [5.74, 6) is -0.998. The van der Waals surface area contributed by atoms with Gasteiger partial charge in [0.15, 0.2) is 0 Å². The fourth-order valence-corrected chi connectivity index (χ4v) is 1.78. The van der Waals surface area contributed by atoms with Gasteiger partial charge in [-0.05, 0) is 18.6 Å². The Labute approximate surface area is 104 Å². The molecule has 0 aromatic carbocycles. The first kappa shape index (κ1) is 13.5. The van der Waals surface area contributed by atoms with Gasteiger partial charge in [0.1, 0.15) is 0 Å². The molecule has 0 spiro atoms. The summed E-state index contributed by atoms with van der Waals surface area (Å²) in [6, 6.07) is 3.56. The summed E-state index contributed by atoms with van der Waals surface area (Å²) in [5.41, 5.74) is 0.920. The van der Waals surface area contributed by atoms with Gasteiger partial charge in [0, 0.05) is 12.4 Å². The fourth-order valence-electron chi connectivity index (χ4n) is 1.23. The third-order valence-corrected chi connectivity index (χ3v) is 2.94. The number of carboxylic acid groups (broad SMARTS) is 1. The van der Waals surface area contributed by atoms with Gasteiger partial charge < -0.3 is 10.4 Å². The Balaban J connectivity index is 2.34. The lowest BCUT2D eigenvalue weighted by molar-refractivity contribution is -0.133. The molecule has 0 bridgehead atoms.